The molecule has 0 unspecified atom stereocenters. The predicted octanol–water partition coefficient (Wildman–Crippen LogP) is 3.36. The molecule has 6 nitrogen and oxygen atoms in total. The maximum Gasteiger partial charge on any atom is 0.269 e. The van der Waals surface area contributed by atoms with Crippen LogP contribution in [0.15, 0.2) is 46.8 Å². The molecule has 4 aliphatic rings. The van der Waals surface area contributed by atoms with E-state index in [-0.39, 0.29) is 10.6 Å². The number of non-ortho nitro benzene ring substituents is 1. The summed E-state index contributed by atoms with van der Waals surface area (Å²) in [7, 11) is 0. The molecule has 6 heteroatoms. The number of nitrogens with zero attached hydrogens (tertiary/aromatic N) is 4. The molecule has 22 heavy (non-hydrogen) atoms. The Labute approximate surface area is 127 Å². The van der Waals surface area contributed by atoms with Gasteiger partial charge in [0.2, 0.25) is 0 Å². The number of fused-ring (bicyclic) bond motifs is 8. The van der Waals surface area contributed by atoms with Gasteiger partial charge in [-0.2, -0.15) is 5.11 Å². The number of hydrogen-bond donors (Lipinski definition) is 0. The summed E-state index contributed by atoms with van der Waals surface area (Å²) in [6, 6.07) is 7.30. The van der Waals surface area contributed by atoms with Gasteiger partial charge in [0.1, 0.15) is 0 Å². The summed E-state index contributed by atoms with van der Waals surface area (Å²) in [5, 5.41) is 21.7. The molecule has 0 aromatic heterocycles. The van der Waals surface area contributed by atoms with E-state index in [1.807, 2.05) is 5.01 Å². The Bertz CT molecular complexity index is 699. The summed E-state index contributed by atoms with van der Waals surface area (Å²) < 4.78 is 0. The molecule has 2 fully saturated rings. The monoisotopic (exact) mass is 296 g/mol. The first kappa shape index (κ1) is 12.3. The first-order valence-corrected chi connectivity index (χ1v) is 7.85. The summed E-state index contributed by atoms with van der Waals surface area (Å²) in [6.45, 7) is 0. The van der Waals surface area contributed by atoms with Gasteiger partial charge in [-0.1, -0.05) is 17.4 Å². The minimum Gasteiger partial charge on any atom is -0.258 e. The fourth-order valence-electron chi connectivity index (χ4n) is 5.13. The number of rotatable bonds is 2. The molecule has 112 valence electrons. The van der Waals surface area contributed by atoms with Gasteiger partial charge in [0.15, 0.2) is 0 Å². The highest BCUT2D eigenvalue weighted by atomic mass is 16.6. The first-order chi connectivity index (χ1) is 10.7. The number of nitro groups is 1. The van der Waals surface area contributed by atoms with Crippen LogP contribution in [-0.4, -0.2) is 17.0 Å². The second-order valence-corrected chi connectivity index (χ2v) is 6.77. The third-order valence-electron chi connectivity index (χ3n) is 5.97. The number of benzene rings is 1. The highest BCUT2D eigenvalue weighted by molar-refractivity contribution is 5.52. The zero-order valence-corrected chi connectivity index (χ0v) is 11.9. The SMILES string of the molecule is O=[N+]([O-])c1ccc(N2N=N[C@@H]3[C@H]4C[C@@H]([C@@H]5C=CC[C@H]54)[C@H]32)cc1. The lowest BCUT2D eigenvalue weighted by Gasteiger charge is -2.35. The van der Waals surface area contributed by atoms with Crippen LogP contribution < -0.4 is 5.01 Å². The molecule has 1 aromatic carbocycles. The van der Waals surface area contributed by atoms with Gasteiger partial charge >= 0.3 is 0 Å². The van der Waals surface area contributed by atoms with Crippen molar-refractivity contribution in [2.45, 2.75) is 24.9 Å². The smallest absolute Gasteiger partial charge is 0.258 e. The van der Waals surface area contributed by atoms with Crippen LogP contribution in [0.25, 0.3) is 0 Å². The molecule has 1 aliphatic heterocycles. The normalized spacial score (nSPS) is 40.3. The van der Waals surface area contributed by atoms with Crippen molar-refractivity contribution >= 4 is 11.4 Å². The van der Waals surface area contributed by atoms with Crippen molar-refractivity contribution in [2.75, 3.05) is 5.01 Å². The minimum absolute atomic E-state index is 0.114. The minimum atomic E-state index is -0.371. The quantitative estimate of drug-likeness (QED) is 0.477. The largest absolute Gasteiger partial charge is 0.269 e. The molecule has 5 rings (SSSR count). The van der Waals surface area contributed by atoms with E-state index in [1.165, 1.54) is 12.8 Å². The number of allylic oxidation sites excluding steroid dienone is 2. The van der Waals surface area contributed by atoms with Crippen molar-refractivity contribution in [3.8, 4) is 0 Å². The van der Waals surface area contributed by atoms with Crippen molar-refractivity contribution in [3.63, 3.8) is 0 Å². The van der Waals surface area contributed by atoms with Crippen molar-refractivity contribution in [1.82, 2.24) is 0 Å². The zero-order chi connectivity index (χ0) is 14.8. The van der Waals surface area contributed by atoms with Crippen LogP contribution in [0.4, 0.5) is 11.4 Å². The van der Waals surface area contributed by atoms with E-state index in [9.17, 15) is 10.1 Å². The zero-order valence-electron chi connectivity index (χ0n) is 11.9. The summed E-state index contributed by atoms with van der Waals surface area (Å²) in [4.78, 5) is 10.4. The van der Waals surface area contributed by atoms with Crippen molar-refractivity contribution in [2.24, 2.45) is 34.0 Å². The van der Waals surface area contributed by atoms with Gasteiger partial charge in [-0.05, 0) is 48.6 Å². The second kappa shape index (κ2) is 4.15. The Morgan fingerprint density at radius 3 is 2.77 bits per heavy atom. The van der Waals surface area contributed by atoms with Gasteiger partial charge in [0, 0.05) is 12.1 Å². The lowest BCUT2D eigenvalue weighted by molar-refractivity contribution is -0.384. The molecule has 1 aromatic rings. The average Bonchev–Trinajstić information content (AvgIpc) is 3.25. The fraction of sp³-hybridized carbons (Fsp3) is 0.500. The summed E-state index contributed by atoms with van der Waals surface area (Å²) in [5.41, 5.74) is 1.02. The van der Waals surface area contributed by atoms with Gasteiger partial charge in [-0.3, -0.25) is 10.1 Å². The Morgan fingerprint density at radius 1 is 1.18 bits per heavy atom. The van der Waals surface area contributed by atoms with Crippen LogP contribution in [0.2, 0.25) is 0 Å². The van der Waals surface area contributed by atoms with E-state index in [4.69, 9.17) is 0 Å². The summed E-state index contributed by atoms with van der Waals surface area (Å²) in [5.74, 6) is 2.71. The van der Waals surface area contributed by atoms with E-state index in [1.54, 1.807) is 24.3 Å². The van der Waals surface area contributed by atoms with Gasteiger partial charge in [-0.25, -0.2) is 5.01 Å². The molecule has 1 heterocycles. The van der Waals surface area contributed by atoms with E-state index in [0.29, 0.717) is 29.8 Å². The van der Waals surface area contributed by atoms with Crippen LogP contribution >= 0.6 is 0 Å². The lowest BCUT2D eigenvalue weighted by atomic mass is 9.76. The molecule has 0 saturated heterocycles. The molecule has 0 radical (unpaired) electrons. The summed E-state index contributed by atoms with van der Waals surface area (Å²) >= 11 is 0. The molecular weight excluding hydrogens is 280 g/mol. The van der Waals surface area contributed by atoms with E-state index >= 15 is 0 Å². The van der Waals surface area contributed by atoms with E-state index < -0.39 is 0 Å². The van der Waals surface area contributed by atoms with Crippen molar-refractivity contribution in [3.05, 3.63) is 46.5 Å². The van der Waals surface area contributed by atoms with E-state index in [2.05, 4.69) is 22.5 Å². The highest BCUT2D eigenvalue weighted by Gasteiger charge is 2.61. The fourth-order valence-corrected chi connectivity index (χ4v) is 5.13. The Balaban J connectivity index is 1.46. The van der Waals surface area contributed by atoms with Gasteiger partial charge in [0.25, 0.3) is 5.69 Å². The Kier molecular flexibility index (Phi) is 2.32. The molecule has 0 amide bonds. The van der Waals surface area contributed by atoms with Crippen molar-refractivity contribution < 1.29 is 4.92 Å². The maximum absolute atomic E-state index is 10.8. The average molecular weight is 296 g/mol. The maximum atomic E-state index is 10.8. The summed E-state index contributed by atoms with van der Waals surface area (Å²) in [6.07, 6.45) is 7.15. The highest BCUT2D eigenvalue weighted by Crippen LogP contribution is 2.60. The van der Waals surface area contributed by atoms with Crippen molar-refractivity contribution in [1.29, 1.82) is 0 Å². The Morgan fingerprint density at radius 2 is 2.00 bits per heavy atom. The number of anilines is 1. The Hall–Kier alpha value is -2.24. The first-order valence-electron chi connectivity index (χ1n) is 7.85. The molecule has 0 spiro atoms. The van der Waals surface area contributed by atoms with Crippen LogP contribution in [0, 0.1) is 33.8 Å². The van der Waals surface area contributed by atoms with Gasteiger partial charge < -0.3 is 0 Å². The molecule has 2 bridgehead atoms. The predicted molar refractivity (Wildman–Crippen MR) is 80.3 cm³/mol. The van der Waals surface area contributed by atoms with Gasteiger partial charge in [0.05, 0.1) is 22.7 Å². The van der Waals surface area contributed by atoms with E-state index in [0.717, 1.165) is 11.6 Å². The topological polar surface area (TPSA) is 71.1 Å². The number of hydrogen-bond acceptors (Lipinski definition) is 5. The van der Waals surface area contributed by atoms with Crippen LogP contribution in [0.5, 0.6) is 0 Å². The van der Waals surface area contributed by atoms with Crippen LogP contribution in [0.1, 0.15) is 12.8 Å². The lowest BCUT2D eigenvalue weighted by Crippen LogP contribution is -2.44. The number of nitro benzene ring substituents is 1. The second-order valence-electron chi connectivity index (χ2n) is 6.77. The third-order valence-corrected chi connectivity index (χ3v) is 5.97. The molecule has 6 atom stereocenters. The standard InChI is InChI=1S/C16H16N4O2/c21-20(22)10-6-4-9(5-7-10)19-16-14-8-13(15(16)17-18-19)11-2-1-3-12(11)14/h1,3-7,11-16H,2,8H2/t11-,12-,13+,14+,15-,16-/m1/s1. The molecule has 3 aliphatic carbocycles. The molecule has 2 saturated carbocycles. The molecular formula is C16H16N4O2. The van der Waals surface area contributed by atoms with Crippen LogP contribution in [-0.2, 0) is 0 Å². The molecule has 0 N–H and O–H groups in total. The third kappa shape index (κ3) is 1.44. The van der Waals surface area contributed by atoms with Crippen LogP contribution in [0.3, 0.4) is 0 Å². The van der Waals surface area contributed by atoms with Gasteiger partial charge in [-0.15, -0.1) is 0 Å².